The molecule has 0 spiro atoms. The van der Waals surface area contributed by atoms with Crippen LogP contribution in [0.1, 0.15) is 85.0 Å². The number of aliphatic hydroxyl groups is 4. The highest BCUT2D eigenvalue weighted by Gasteiger charge is 2.77. The molecule has 0 heterocycles. The van der Waals surface area contributed by atoms with Gasteiger partial charge in [0, 0.05) is 18.3 Å². The van der Waals surface area contributed by atoms with Crippen molar-refractivity contribution >= 4 is 5.97 Å². The Kier molecular flexibility index (Phi) is 5.37. The van der Waals surface area contributed by atoms with E-state index in [2.05, 4.69) is 6.92 Å². The number of carbonyl (C=O) groups is 1. The summed E-state index contributed by atoms with van der Waals surface area (Å²) in [4.78, 5) is 11.1. The van der Waals surface area contributed by atoms with Crippen molar-refractivity contribution in [3.63, 3.8) is 0 Å². The second kappa shape index (κ2) is 7.16. The zero-order chi connectivity index (χ0) is 22.1. The predicted octanol–water partition coefficient (Wildman–Crippen LogP) is 3.12. The highest BCUT2D eigenvalue weighted by molar-refractivity contribution is 5.66. The van der Waals surface area contributed by atoms with Crippen LogP contribution in [0.3, 0.4) is 0 Å². The molecule has 0 aromatic carbocycles. The maximum atomic E-state index is 11.2. The molecular formula is C24H40O6. The summed E-state index contributed by atoms with van der Waals surface area (Å²) in [6, 6.07) is 0. The summed E-state index contributed by atoms with van der Waals surface area (Å²) in [5.41, 5.74) is -0.455. The molecule has 4 fully saturated rings. The Morgan fingerprint density at radius 3 is 2.30 bits per heavy atom. The standard InChI is InChI=1S/C24H40O6/c1-14(7-10-18(25)26)19-22(3)13-11-17-16(20(22)24(29,30)23(19,27)28)9-8-15-6-4-5-12-21(15,17)2/h14-17,19-20,27-30H,4-13H2,1-3H3,(H,25,26)/t14-,15+,16-,17+,19-,20+,21+,22-/m1/s1. The van der Waals surface area contributed by atoms with Crippen LogP contribution in [0.15, 0.2) is 0 Å². The monoisotopic (exact) mass is 424 g/mol. The number of hydrogen-bond acceptors (Lipinski definition) is 5. The summed E-state index contributed by atoms with van der Waals surface area (Å²) < 4.78 is 0. The van der Waals surface area contributed by atoms with Gasteiger partial charge >= 0.3 is 5.97 Å². The average molecular weight is 425 g/mol. The molecule has 0 amide bonds. The molecule has 0 aromatic rings. The Morgan fingerprint density at radius 1 is 0.933 bits per heavy atom. The van der Waals surface area contributed by atoms with E-state index < -0.39 is 34.8 Å². The molecule has 8 atom stereocenters. The lowest BCUT2D eigenvalue weighted by Gasteiger charge is -2.61. The van der Waals surface area contributed by atoms with Crippen LogP contribution in [0.5, 0.6) is 0 Å². The molecule has 172 valence electrons. The molecule has 6 nitrogen and oxygen atoms in total. The van der Waals surface area contributed by atoms with Crippen molar-refractivity contribution in [2.45, 2.75) is 96.6 Å². The van der Waals surface area contributed by atoms with E-state index in [9.17, 15) is 25.2 Å². The number of hydrogen-bond donors (Lipinski definition) is 5. The molecule has 4 aliphatic rings. The average Bonchev–Trinajstić information content (AvgIpc) is 2.77. The highest BCUT2D eigenvalue weighted by atomic mass is 16.6. The van der Waals surface area contributed by atoms with Crippen LogP contribution in [0.2, 0.25) is 0 Å². The number of rotatable bonds is 4. The van der Waals surface area contributed by atoms with Gasteiger partial charge in [-0.1, -0.05) is 33.6 Å². The molecule has 0 radical (unpaired) electrons. The van der Waals surface area contributed by atoms with E-state index in [1.54, 1.807) is 0 Å². The van der Waals surface area contributed by atoms with Gasteiger partial charge in [0.2, 0.25) is 11.6 Å². The zero-order valence-electron chi connectivity index (χ0n) is 18.7. The van der Waals surface area contributed by atoms with Gasteiger partial charge in [0.15, 0.2) is 0 Å². The molecule has 0 saturated heterocycles. The molecule has 0 aliphatic heterocycles. The number of carboxylic acid groups (broad SMARTS) is 1. The fraction of sp³-hybridized carbons (Fsp3) is 0.958. The van der Waals surface area contributed by atoms with E-state index in [1.165, 1.54) is 25.7 Å². The molecule has 4 rings (SSSR count). The zero-order valence-corrected chi connectivity index (χ0v) is 18.7. The van der Waals surface area contributed by atoms with E-state index in [4.69, 9.17) is 5.11 Å². The van der Waals surface area contributed by atoms with Crippen molar-refractivity contribution < 1.29 is 30.3 Å². The van der Waals surface area contributed by atoms with Gasteiger partial charge in [0.05, 0.1) is 0 Å². The van der Waals surface area contributed by atoms with Crippen LogP contribution in [-0.4, -0.2) is 43.1 Å². The molecular weight excluding hydrogens is 384 g/mol. The molecule has 0 aromatic heterocycles. The van der Waals surface area contributed by atoms with Gasteiger partial charge < -0.3 is 25.5 Å². The minimum Gasteiger partial charge on any atom is -0.481 e. The third-order valence-corrected chi connectivity index (χ3v) is 10.3. The molecule has 5 N–H and O–H groups in total. The second-order valence-electron chi connectivity index (χ2n) is 11.7. The Bertz CT molecular complexity index is 689. The summed E-state index contributed by atoms with van der Waals surface area (Å²) in [7, 11) is 0. The van der Waals surface area contributed by atoms with Crippen molar-refractivity contribution in [3.05, 3.63) is 0 Å². The van der Waals surface area contributed by atoms with Gasteiger partial charge in [0.25, 0.3) is 0 Å². The van der Waals surface area contributed by atoms with Gasteiger partial charge in [-0.15, -0.1) is 0 Å². The quantitative estimate of drug-likeness (QED) is 0.443. The Balaban J connectivity index is 1.71. The van der Waals surface area contributed by atoms with Crippen LogP contribution in [0, 0.1) is 46.3 Å². The third kappa shape index (κ3) is 2.93. The van der Waals surface area contributed by atoms with Gasteiger partial charge in [0.1, 0.15) is 0 Å². The predicted molar refractivity (Wildman–Crippen MR) is 111 cm³/mol. The van der Waals surface area contributed by atoms with E-state index in [0.29, 0.717) is 11.8 Å². The van der Waals surface area contributed by atoms with E-state index >= 15 is 0 Å². The van der Waals surface area contributed by atoms with Crippen LogP contribution >= 0.6 is 0 Å². The van der Waals surface area contributed by atoms with Crippen molar-refractivity contribution in [2.24, 2.45) is 46.3 Å². The Morgan fingerprint density at radius 2 is 1.63 bits per heavy atom. The van der Waals surface area contributed by atoms with Gasteiger partial charge in [-0.05, 0) is 79.4 Å². The minimum atomic E-state index is -2.65. The SMILES string of the molecule is C[C@H](CCC(=O)O)[C@H]1C(O)(O)C(O)(O)[C@H]2[C@@H]3CC[C@@H]4CCCC[C@]4(C)[C@H]3CC[C@@]21C. The summed E-state index contributed by atoms with van der Waals surface area (Å²) >= 11 is 0. The Labute approximate surface area is 179 Å². The molecule has 6 heteroatoms. The lowest BCUT2D eigenvalue weighted by atomic mass is 9.44. The van der Waals surface area contributed by atoms with Gasteiger partial charge in [-0.2, -0.15) is 0 Å². The maximum absolute atomic E-state index is 11.2. The molecule has 0 unspecified atom stereocenters. The minimum absolute atomic E-state index is 0.0495. The first-order valence-corrected chi connectivity index (χ1v) is 12.0. The van der Waals surface area contributed by atoms with E-state index in [1.807, 2.05) is 13.8 Å². The normalized spacial score (nSPS) is 47.6. The lowest BCUT2D eigenvalue weighted by Crippen LogP contribution is -2.60. The summed E-state index contributed by atoms with van der Waals surface area (Å²) in [5.74, 6) is -6.79. The fourth-order valence-electron chi connectivity index (χ4n) is 9.12. The highest BCUT2D eigenvalue weighted by Crippen LogP contribution is 2.71. The Hall–Kier alpha value is -0.690. The van der Waals surface area contributed by atoms with Crippen LogP contribution in [0.4, 0.5) is 0 Å². The largest absolute Gasteiger partial charge is 0.481 e. The maximum Gasteiger partial charge on any atom is 0.303 e. The summed E-state index contributed by atoms with van der Waals surface area (Å²) in [5, 5.41) is 53.8. The number of carboxylic acids is 1. The van der Waals surface area contributed by atoms with Crippen LogP contribution in [0.25, 0.3) is 0 Å². The van der Waals surface area contributed by atoms with Crippen LogP contribution in [-0.2, 0) is 4.79 Å². The van der Waals surface area contributed by atoms with Crippen LogP contribution < -0.4 is 0 Å². The molecule has 4 saturated carbocycles. The van der Waals surface area contributed by atoms with E-state index in [-0.39, 0.29) is 30.1 Å². The fourth-order valence-corrected chi connectivity index (χ4v) is 9.12. The first-order chi connectivity index (χ1) is 13.9. The number of fused-ring (bicyclic) bond motifs is 5. The van der Waals surface area contributed by atoms with Gasteiger partial charge in [-0.3, -0.25) is 4.79 Å². The van der Waals surface area contributed by atoms with E-state index in [0.717, 1.165) is 25.7 Å². The topological polar surface area (TPSA) is 118 Å². The molecule has 4 aliphatic carbocycles. The van der Waals surface area contributed by atoms with Crippen molar-refractivity contribution in [1.29, 1.82) is 0 Å². The third-order valence-electron chi connectivity index (χ3n) is 10.3. The smallest absolute Gasteiger partial charge is 0.303 e. The van der Waals surface area contributed by atoms with Crippen molar-refractivity contribution in [2.75, 3.05) is 0 Å². The summed E-state index contributed by atoms with van der Waals surface area (Å²) in [6.07, 6.45) is 8.82. The molecule has 30 heavy (non-hydrogen) atoms. The number of aliphatic carboxylic acids is 1. The molecule has 0 bridgehead atoms. The second-order valence-corrected chi connectivity index (χ2v) is 11.7. The summed E-state index contributed by atoms with van der Waals surface area (Å²) in [6.45, 7) is 6.20. The van der Waals surface area contributed by atoms with Crippen molar-refractivity contribution in [1.82, 2.24) is 0 Å². The van der Waals surface area contributed by atoms with Crippen molar-refractivity contribution in [3.8, 4) is 0 Å². The van der Waals surface area contributed by atoms with Gasteiger partial charge in [-0.25, -0.2) is 0 Å². The lowest BCUT2D eigenvalue weighted by molar-refractivity contribution is -0.374. The first kappa shape index (κ1) is 22.5. The first-order valence-electron chi connectivity index (χ1n) is 12.0.